The van der Waals surface area contributed by atoms with Crippen LogP contribution in [-0.4, -0.2) is 43.9 Å². The van der Waals surface area contributed by atoms with Gasteiger partial charge in [0.05, 0.1) is 0 Å². The zero-order valence-electron chi connectivity index (χ0n) is 12.7. The number of ether oxygens (including phenoxy) is 2. The monoisotopic (exact) mass is 318 g/mol. The van der Waals surface area contributed by atoms with Crippen LogP contribution in [0.15, 0.2) is 29.8 Å². The van der Waals surface area contributed by atoms with Crippen LogP contribution in [0.3, 0.4) is 0 Å². The van der Waals surface area contributed by atoms with Gasteiger partial charge in [0.1, 0.15) is 17.4 Å². The Balaban J connectivity index is 2.73. The van der Waals surface area contributed by atoms with Crippen LogP contribution in [-0.2, 0) is 14.3 Å². The smallest absolute Gasteiger partial charge is 0.341 e. The molecule has 0 aromatic heterocycles. The van der Waals surface area contributed by atoms with Crippen LogP contribution < -0.4 is 10.1 Å². The molecule has 0 aliphatic rings. The second kappa shape index (κ2) is 9.97. The summed E-state index contributed by atoms with van der Waals surface area (Å²) in [6.45, 7) is 0.473. The Hall–Kier alpha value is -2.85. The summed E-state index contributed by atoms with van der Waals surface area (Å²) in [4.78, 5) is 22.4. The maximum absolute atomic E-state index is 11.9. The second-order valence-corrected chi connectivity index (χ2v) is 4.53. The predicted molar refractivity (Wildman–Crippen MR) is 82.7 cm³/mol. The Labute approximate surface area is 134 Å². The molecule has 7 heteroatoms. The highest BCUT2D eigenvalue weighted by atomic mass is 16.5. The molecule has 0 atom stereocenters. The SMILES string of the molecule is COCCCNC(=O)/C(C#N)=C/c1cccc(OCC(=O)O)c1. The van der Waals surface area contributed by atoms with E-state index in [4.69, 9.17) is 19.8 Å². The van der Waals surface area contributed by atoms with Crippen LogP contribution in [0.1, 0.15) is 12.0 Å². The number of carbonyl (C=O) groups is 2. The van der Waals surface area contributed by atoms with Crippen LogP contribution in [0, 0.1) is 11.3 Å². The van der Waals surface area contributed by atoms with E-state index in [2.05, 4.69) is 5.32 Å². The lowest BCUT2D eigenvalue weighted by Gasteiger charge is -2.05. The van der Waals surface area contributed by atoms with Crippen molar-refractivity contribution in [2.75, 3.05) is 26.9 Å². The number of methoxy groups -OCH3 is 1. The molecule has 0 bridgehead atoms. The first-order valence-electron chi connectivity index (χ1n) is 6.90. The molecule has 122 valence electrons. The summed E-state index contributed by atoms with van der Waals surface area (Å²) in [5.41, 5.74) is 0.522. The van der Waals surface area contributed by atoms with E-state index in [0.29, 0.717) is 30.9 Å². The first-order chi connectivity index (χ1) is 11.1. The molecular weight excluding hydrogens is 300 g/mol. The van der Waals surface area contributed by atoms with Crippen molar-refractivity contribution in [1.82, 2.24) is 5.32 Å². The number of carboxylic acids is 1. The Morgan fingerprint density at radius 1 is 1.43 bits per heavy atom. The number of amides is 1. The van der Waals surface area contributed by atoms with E-state index in [1.807, 2.05) is 6.07 Å². The third kappa shape index (κ3) is 7.11. The largest absolute Gasteiger partial charge is 0.482 e. The van der Waals surface area contributed by atoms with Gasteiger partial charge in [-0.25, -0.2) is 4.79 Å². The van der Waals surface area contributed by atoms with Gasteiger partial charge in [0.25, 0.3) is 5.91 Å². The van der Waals surface area contributed by atoms with Crippen molar-refractivity contribution in [1.29, 1.82) is 5.26 Å². The summed E-state index contributed by atoms with van der Waals surface area (Å²) < 4.78 is 9.92. The molecule has 7 nitrogen and oxygen atoms in total. The Bertz CT molecular complexity index is 619. The van der Waals surface area contributed by atoms with Gasteiger partial charge < -0.3 is 19.9 Å². The van der Waals surface area contributed by atoms with Crippen molar-refractivity contribution in [2.45, 2.75) is 6.42 Å². The molecule has 0 unspecified atom stereocenters. The number of carboxylic acid groups (broad SMARTS) is 1. The maximum Gasteiger partial charge on any atom is 0.341 e. The molecule has 1 rings (SSSR count). The van der Waals surface area contributed by atoms with E-state index in [9.17, 15) is 9.59 Å². The standard InChI is InChI=1S/C16H18N2O5/c1-22-7-3-6-18-16(21)13(10-17)8-12-4-2-5-14(9-12)23-11-15(19)20/h2,4-5,8-9H,3,6-7,11H2,1H3,(H,18,21)(H,19,20)/b13-8+. The van der Waals surface area contributed by atoms with Gasteiger partial charge in [-0.3, -0.25) is 4.79 Å². The van der Waals surface area contributed by atoms with Gasteiger partial charge in [-0.1, -0.05) is 12.1 Å². The maximum atomic E-state index is 11.9. The van der Waals surface area contributed by atoms with E-state index in [-0.39, 0.29) is 5.57 Å². The number of carbonyl (C=O) groups excluding carboxylic acids is 1. The lowest BCUT2D eigenvalue weighted by molar-refractivity contribution is -0.139. The van der Waals surface area contributed by atoms with Crippen LogP contribution >= 0.6 is 0 Å². The number of nitriles is 1. The highest BCUT2D eigenvalue weighted by Gasteiger charge is 2.08. The second-order valence-electron chi connectivity index (χ2n) is 4.53. The van der Waals surface area contributed by atoms with Crippen molar-refractivity contribution in [3.63, 3.8) is 0 Å². The van der Waals surface area contributed by atoms with Gasteiger partial charge >= 0.3 is 5.97 Å². The first-order valence-corrected chi connectivity index (χ1v) is 6.90. The number of benzene rings is 1. The number of hydrogen-bond donors (Lipinski definition) is 2. The highest BCUT2D eigenvalue weighted by Crippen LogP contribution is 2.16. The molecule has 0 radical (unpaired) electrons. The van der Waals surface area contributed by atoms with Crippen molar-refractivity contribution >= 4 is 18.0 Å². The quantitative estimate of drug-likeness (QED) is 0.402. The normalized spacial score (nSPS) is 10.7. The zero-order chi connectivity index (χ0) is 17.1. The molecule has 2 N–H and O–H groups in total. The zero-order valence-corrected chi connectivity index (χ0v) is 12.7. The molecule has 0 saturated carbocycles. The fourth-order valence-electron chi connectivity index (χ4n) is 1.67. The summed E-state index contributed by atoms with van der Waals surface area (Å²) in [6, 6.07) is 8.32. The van der Waals surface area contributed by atoms with E-state index in [1.54, 1.807) is 31.4 Å². The summed E-state index contributed by atoms with van der Waals surface area (Å²) >= 11 is 0. The summed E-state index contributed by atoms with van der Waals surface area (Å²) in [7, 11) is 1.57. The van der Waals surface area contributed by atoms with E-state index in [1.165, 1.54) is 6.08 Å². The number of nitrogens with one attached hydrogen (secondary N) is 1. The van der Waals surface area contributed by atoms with Crippen molar-refractivity contribution in [3.05, 3.63) is 35.4 Å². The van der Waals surface area contributed by atoms with Crippen LogP contribution in [0.2, 0.25) is 0 Å². The van der Waals surface area contributed by atoms with Gasteiger partial charge in [0, 0.05) is 20.3 Å². The lowest BCUT2D eigenvalue weighted by atomic mass is 10.1. The van der Waals surface area contributed by atoms with Crippen molar-refractivity contribution in [2.24, 2.45) is 0 Å². The van der Waals surface area contributed by atoms with E-state index in [0.717, 1.165) is 0 Å². The third-order valence-electron chi connectivity index (χ3n) is 2.71. The highest BCUT2D eigenvalue weighted by molar-refractivity contribution is 6.01. The fourth-order valence-corrected chi connectivity index (χ4v) is 1.67. The number of rotatable bonds is 9. The summed E-state index contributed by atoms with van der Waals surface area (Å²) in [5, 5.41) is 20.3. The van der Waals surface area contributed by atoms with Gasteiger partial charge in [-0.15, -0.1) is 0 Å². The van der Waals surface area contributed by atoms with Crippen LogP contribution in [0.5, 0.6) is 5.75 Å². The molecule has 1 aromatic rings. The lowest BCUT2D eigenvalue weighted by Crippen LogP contribution is -2.26. The minimum Gasteiger partial charge on any atom is -0.482 e. The average molecular weight is 318 g/mol. The van der Waals surface area contributed by atoms with Gasteiger partial charge in [0.2, 0.25) is 0 Å². The van der Waals surface area contributed by atoms with Crippen molar-refractivity contribution < 1.29 is 24.2 Å². The number of hydrogen-bond acceptors (Lipinski definition) is 5. The van der Waals surface area contributed by atoms with Gasteiger partial charge in [-0.2, -0.15) is 5.26 Å². The molecule has 0 aliphatic heterocycles. The summed E-state index contributed by atoms with van der Waals surface area (Å²) in [6.07, 6.45) is 2.07. The molecule has 0 heterocycles. The molecule has 0 aliphatic carbocycles. The minimum atomic E-state index is -1.08. The molecule has 0 spiro atoms. The van der Waals surface area contributed by atoms with Crippen LogP contribution in [0.25, 0.3) is 6.08 Å². The molecular formula is C16H18N2O5. The molecule has 23 heavy (non-hydrogen) atoms. The fraction of sp³-hybridized carbons (Fsp3) is 0.312. The molecule has 0 fully saturated rings. The Kier molecular flexibility index (Phi) is 7.89. The van der Waals surface area contributed by atoms with Crippen LogP contribution in [0.4, 0.5) is 0 Å². The van der Waals surface area contributed by atoms with Gasteiger partial charge in [0.15, 0.2) is 6.61 Å². The topological polar surface area (TPSA) is 109 Å². The average Bonchev–Trinajstić information content (AvgIpc) is 2.55. The Morgan fingerprint density at radius 2 is 2.22 bits per heavy atom. The van der Waals surface area contributed by atoms with Crippen molar-refractivity contribution in [3.8, 4) is 11.8 Å². The van der Waals surface area contributed by atoms with E-state index < -0.39 is 18.5 Å². The molecule has 1 aromatic carbocycles. The molecule has 1 amide bonds. The Morgan fingerprint density at radius 3 is 2.87 bits per heavy atom. The van der Waals surface area contributed by atoms with Gasteiger partial charge in [-0.05, 0) is 30.2 Å². The number of nitrogens with zero attached hydrogens (tertiary/aromatic N) is 1. The predicted octanol–water partition coefficient (Wildman–Crippen LogP) is 1.21. The molecule has 0 saturated heterocycles. The number of aliphatic carboxylic acids is 1. The summed E-state index contributed by atoms with van der Waals surface area (Å²) in [5.74, 6) is -1.21. The third-order valence-corrected chi connectivity index (χ3v) is 2.71. The minimum absolute atomic E-state index is 0.0437. The van der Waals surface area contributed by atoms with E-state index >= 15 is 0 Å². The first kappa shape index (κ1) is 18.2.